The number of halogens is 1. The molecule has 0 amide bonds. The molecule has 7 heteroatoms. The second-order valence-electron chi connectivity index (χ2n) is 5.17. The van der Waals surface area contributed by atoms with Crippen LogP contribution in [-0.4, -0.2) is 34.9 Å². The average Bonchev–Trinajstić information content (AvgIpc) is 2.37. The summed E-state index contributed by atoms with van der Waals surface area (Å²) in [5.41, 5.74) is -1.86. The Morgan fingerprint density at radius 2 is 1.74 bits per heavy atom. The molecule has 0 saturated carbocycles. The van der Waals surface area contributed by atoms with Crippen molar-refractivity contribution >= 4 is 28.1 Å². The van der Waals surface area contributed by atoms with Crippen LogP contribution in [0.3, 0.4) is 0 Å². The standard InChI is InChI=1S/C12H17BrNO5/c1-6-18-10(16)19-9(15)7-8(13)12(4,5)14(17)11(7,2)3/h6H2,1-5H3. The lowest BCUT2D eigenvalue weighted by Gasteiger charge is -2.33. The molecular formula is C12H17BrNO5. The molecule has 1 aliphatic heterocycles. The van der Waals surface area contributed by atoms with Gasteiger partial charge in [-0.05, 0) is 34.6 Å². The number of esters is 1. The number of nitrogens with zero attached hydrogens (tertiary/aromatic N) is 1. The fourth-order valence-corrected chi connectivity index (χ4v) is 2.89. The van der Waals surface area contributed by atoms with Crippen LogP contribution in [0.1, 0.15) is 34.6 Å². The Kier molecular flexibility index (Phi) is 4.44. The van der Waals surface area contributed by atoms with E-state index in [1.807, 2.05) is 0 Å². The van der Waals surface area contributed by atoms with Gasteiger partial charge in [0.1, 0.15) is 0 Å². The second-order valence-corrected chi connectivity index (χ2v) is 5.97. The molecule has 0 aromatic rings. The molecular weight excluding hydrogens is 318 g/mol. The van der Waals surface area contributed by atoms with E-state index in [9.17, 15) is 14.8 Å². The second kappa shape index (κ2) is 5.22. The van der Waals surface area contributed by atoms with Crippen LogP contribution in [0, 0.1) is 0 Å². The first kappa shape index (κ1) is 16.1. The minimum atomic E-state index is -1.09. The number of hydrogen-bond acceptors (Lipinski definition) is 5. The summed E-state index contributed by atoms with van der Waals surface area (Å²) in [5, 5.41) is 13.0. The fourth-order valence-electron chi connectivity index (χ4n) is 2.08. The zero-order valence-corrected chi connectivity index (χ0v) is 13.2. The Hall–Kier alpha value is -0.920. The molecule has 0 aromatic heterocycles. The van der Waals surface area contributed by atoms with Crippen molar-refractivity contribution in [1.82, 2.24) is 5.06 Å². The highest BCUT2D eigenvalue weighted by Gasteiger charge is 2.54. The van der Waals surface area contributed by atoms with Crippen molar-refractivity contribution in [2.45, 2.75) is 45.7 Å². The molecule has 0 bridgehead atoms. The van der Waals surface area contributed by atoms with Crippen LogP contribution in [0.2, 0.25) is 0 Å². The van der Waals surface area contributed by atoms with E-state index >= 15 is 0 Å². The third kappa shape index (κ3) is 2.68. The molecule has 0 aliphatic carbocycles. The van der Waals surface area contributed by atoms with Crippen molar-refractivity contribution in [1.29, 1.82) is 0 Å². The molecule has 0 fully saturated rings. The Balaban J connectivity index is 3.07. The molecule has 0 N–H and O–H groups in total. The zero-order chi connectivity index (χ0) is 15.0. The summed E-state index contributed by atoms with van der Waals surface area (Å²) in [7, 11) is 0. The topological polar surface area (TPSA) is 75.7 Å². The number of ether oxygens (including phenoxy) is 2. The van der Waals surface area contributed by atoms with Crippen LogP contribution in [0.4, 0.5) is 4.79 Å². The maximum absolute atomic E-state index is 12.2. The summed E-state index contributed by atoms with van der Waals surface area (Å²) in [4.78, 5) is 23.2. The molecule has 1 rings (SSSR count). The maximum atomic E-state index is 12.2. The lowest BCUT2D eigenvalue weighted by Crippen LogP contribution is -2.48. The first-order chi connectivity index (χ1) is 8.56. The molecule has 0 saturated heterocycles. The normalized spacial score (nSPS) is 21.4. The number of rotatable bonds is 2. The number of carbonyl (C=O) groups excluding carboxylic acids is 2. The summed E-state index contributed by atoms with van der Waals surface area (Å²) in [6, 6.07) is 0. The molecule has 1 heterocycles. The SMILES string of the molecule is CCOC(=O)OC(=O)C1=C(Br)C(C)(C)N([O])C1(C)C. The van der Waals surface area contributed by atoms with E-state index in [1.54, 1.807) is 34.6 Å². The van der Waals surface area contributed by atoms with Crippen LogP contribution >= 0.6 is 15.9 Å². The lowest BCUT2D eigenvalue weighted by molar-refractivity contribution is -0.239. The quantitative estimate of drug-likeness (QED) is 0.573. The number of hydrogen-bond donors (Lipinski definition) is 0. The smallest absolute Gasteiger partial charge is 0.434 e. The van der Waals surface area contributed by atoms with E-state index in [2.05, 4.69) is 25.4 Å². The zero-order valence-electron chi connectivity index (χ0n) is 11.6. The van der Waals surface area contributed by atoms with Gasteiger partial charge in [0.05, 0.1) is 23.3 Å². The average molecular weight is 335 g/mol. The van der Waals surface area contributed by atoms with Gasteiger partial charge in [-0.2, -0.15) is 0 Å². The van der Waals surface area contributed by atoms with Gasteiger partial charge in [-0.3, -0.25) is 0 Å². The molecule has 0 spiro atoms. The van der Waals surface area contributed by atoms with Gasteiger partial charge in [0.15, 0.2) is 0 Å². The highest BCUT2D eigenvalue weighted by Crippen LogP contribution is 2.47. The summed E-state index contributed by atoms with van der Waals surface area (Å²) < 4.78 is 9.52. The third-order valence-corrected chi connectivity index (χ3v) is 4.39. The fraction of sp³-hybridized carbons (Fsp3) is 0.667. The van der Waals surface area contributed by atoms with Gasteiger partial charge < -0.3 is 9.47 Å². The Morgan fingerprint density at radius 3 is 2.11 bits per heavy atom. The van der Waals surface area contributed by atoms with Gasteiger partial charge in [0.2, 0.25) is 0 Å². The van der Waals surface area contributed by atoms with Gasteiger partial charge in [0.25, 0.3) is 0 Å². The van der Waals surface area contributed by atoms with E-state index in [0.29, 0.717) is 4.48 Å². The van der Waals surface area contributed by atoms with Crippen LogP contribution < -0.4 is 0 Å². The van der Waals surface area contributed by atoms with Crippen molar-refractivity contribution in [3.63, 3.8) is 0 Å². The van der Waals surface area contributed by atoms with E-state index in [0.717, 1.165) is 5.06 Å². The van der Waals surface area contributed by atoms with E-state index < -0.39 is 23.2 Å². The van der Waals surface area contributed by atoms with Crippen LogP contribution in [-0.2, 0) is 19.5 Å². The van der Waals surface area contributed by atoms with Gasteiger partial charge in [-0.1, -0.05) is 15.9 Å². The Labute approximate surface area is 120 Å². The number of hydroxylamine groups is 2. The minimum Gasteiger partial charge on any atom is -0.434 e. The molecule has 0 unspecified atom stereocenters. The van der Waals surface area contributed by atoms with Gasteiger partial charge in [0, 0.05) is 4.48 Å². The van der Waals surface area contributed by atoms with Gasteiger partial charge in [-0.15, -0.1) is 10.3 Å². The summed E-state index contributed by atoms with van der Waals surface area (Å²) in [5.74, 6) is -0.873. The predicted molar refractivity (Wildman–Crippen MR) is 69.8 cm³/mol. The van der Waals surface area contributed by atoms with Crippen molar-refractivity contribution in [3.8, 4) is 0 Å². The molecule has 1 aliphatic rings. The molecule has 0 atom stereocenters. The molecule has 0 aromatic carbocycles. The largest absolute Gasteiger partial charge is 0.516 e. The van der Waals surface area contributed by atoms with Crippen LogP contribution in [0.15, 0.2) is 10.1 Å². The maximum Gasteiger partial charge on any atom is 0.516 e. The van der Waals surface area contributed by atoms with Gasteiger partial charge >= 0.3 is 12.1 Å². The minimum absolute atomic E-state index is 0.106. The van der Waals surface area contributed by atoms with Crippen molar-refractivity contribution < 1.29 is 24.3 Å². The van der Waals surface area contributed by atoms with Crippen LogP contribution in [0.25, 0.3) is 0 Å². The highest BCUT2D eigenvalue weighted by molar-refractivity contribution is 9.11. The Morgan fingerprint density at radius 1 is 1.21 bits per heavy atom. The molecule has 6 nitrogen and oxygen atoms in total. The first-order valence-corrected chi connectivity index (χ1v) is 6.63. The van der Waals surface area contributed by atoms with E-state index in [-0.39, 0.29) is 12.2 Å². The number of carbonyl (C=O) groups is 2. The van der Waals surface area contributed by atoms with Crippen molar-refractivity contribution in [2.75, 3.05) is 6.61 Å². The molecule has 1 radical (unpaired) electrons. The summed E-state index contributed by atoms with van der Waals surface area (Å²) in [6.45, 7) is 8.25. The molecule has 107 valence electrons. The Bertz CT molecular complexity index is 441. The highest BCUT2D eigenvalue weighted by atomic mass is 79.9. The summed E-state index contributed by atoms with van der Waals surface area (Å²) >= 11 is 3.26. The monoisotopic (exact) mass is 334 g/mol. The molecule has 19 heavy (non-hydrogen) atoms. The lowest BCUT2D eigenvalue weighted by atomic mass is 9.97. The van der Waals surface area contributed by atoms with E-state index in [4.69, 9.17) is 0 Å². The first-order valence-electron chi connectivity index (χ1n) is 5.84. The van der Waals surface area contributed by atoms with Crippen molar-refractivity contribution in [3.05, 3.63) is 10.1 Å². The van der Waals surface area contributed by atoms with Crippen molar-refractivity contribution in [2.24, 2.45) is 0 Å². The van der Waals surface area contributed by atoms with E-state index in [1.165, 1.54) is 0 Å². The summed E-state index contributed by atoms with van der Waals surface area (Å²) in [6.07, 6.45) is -1.07. The predicted octanol–water partition coefficient (Wildman–Crippen LogP) is 2.55. The van der Waals surface area contributed by atoms with Crippen LogP contribution in [0.5, 0.6) is 0 Å². The van der Waals surface area contributed by atoms with Gasteiger partial charge in [-0.25, -0.2) is 9.59 Å². The third-order valence-electron chi connectivity index (χ3n) is 3.03.